The molecule has 0 spiro atoms. The van der Waals surface area contributed by atoms with Crippen LogP contribution in [-0.2, 0) is 13.0 Å². The van der Waals surface area contributed by atoms with Crippen molar-refractivity contribution < 1.29 is 10.2 Å². The van der Waals surface area contributed by atoms with Gasteiger partial charge in [-0.2, -0.15) is 0 Å². The third-order valence-electron chi connectivity index (χ3n) is 3.10. The van der Waals surface area contributed by atoms with Crippen molar-refractivity contribution in [3.8, 4) is 0 Å². The Hall–Kier alpha value is -0.940. The smallest absolute Gasteiger partial charge is 0.106 e. The van der Waals surface area contributed by atoms with Gasteiger partial charge in [0, 0.05) is 13.1 Å². The van der Waals surface area contributed by atoms with Crippen LogP contribution in [0.25, 0.3) is 0 Å². The van der Waals surface area contributed by atoms with Crippen molar-refractivity contribution in [2.75, 3.05) is 13.1 Å². The number of aliphatic hydroxyl groups excluding tert-OH is 2. The van der Waals surface area contributed by atoms with E-state index in [-0.39, 0.29) is 6.54 Å². The lowest BCUT2D eigenvalue weighted by Gasteiger charge is -2.24. The first-order chi connectivity index (χ1) is 7.74. The first-order valence-electron chi connectivity index (χ1n) is 5.61. The van der Waals surface area contributed by atoms with Crippen molar-refractivity contribution in [1.82, 2.24) is 5.32 Å². The summed E-state index contributed by atoms with van der Waals surface area (Å²) < 4.78 is 0. The lowest BCUT2D eigenvalue weighted by atomic mass is 9.91. The van der Waals surface area contributed by atoms with Crippen LogP contribution in [0.5, 0.6) is 0 Å². The number of fused-ring (bicyclic) bond motifs is 1. The van der Waals surface area contributed by atoms with Crippen LogP contribution in [0.2, 0.25) is 0 Å². The van der Waals surface area contributed by atoms with Gasteiger partial charge in [-0.15, -0.1) is 0 Å². The maximum Gasteiger partial charge on any atom is 0.106 e. The molecule has 0 fully saturated rings. The number of benzene rings is 1. The minimum atomic E-state index is -0.888. The second kappa shape index (κ2) is 4.93. The molecule has 1 aromatic rings. The number of aliphatic hydroxyl groups is 2. The topological polar surface area (TPSA) is 78.5 Å². The number of hydrogen-bond donors (Lipinski definition) is 4. The van der Waals surface area contributed by atoms with E-state index in [1.165, 1.54) is 5.56 Å². The molecule has 4 nitrogen and oxygen atoms in total. The summed E-state index contributed by atoms with van der Waals surface area (Å²) >= 11 is 0. The Morgan fingerprint density at radius 2 is 2.19 bits per heavy atom. The fraction of sp³-hybridized carbons (Fsp3) is 0.500. The van der Waals surface area contributed by atoms with Crippen LogP contribution in [0, 0.1) is 0 Å². The van der Waals surface area contributed by atoms with Crippen molar-refractivity contribution in [2.24, 2.45) is 5.73 Å². The Bertz CT molecular complexity index is 368. The zero-order chi connectivity index (χ0) is 11.5. The Morgan fingerprint density at radius 1 is 1.38 bits per heavy atom. The fourth-order valence-corrected chi connectivity index (χ4v) is 2.17. The van der Waals surface area contributed by atoms with Crippen LogP contribution in [0.4, 0.5) is 0 Å². The maximum atomic E-state index is 9.99. The highest BCUT2D eigenvalue weighted by atomic mass is 16.3. The lowest BCUT2D eigenvalue weighted by Crippen LogP contribution is -2.30. The molecule has 1 heterocycles. The van der Waals surface area contributed by atoms with Gasteiger partial charge in [-0.3, -0.25) is 0 Å². The standard InChI is InChI=1S/C12H18N2O2/c13-6-11(15)12(16)10-3-1-2-8-7-14-5-4-9(8)10/h1-3,11-12,14-16H,4-7,13H2. The van der Waals surface area contributed by atoms with E-state index >= 15 is 0 Å². The molecule has 4 heteroatoms. The predicted molar refractivity (Wildman–Crippen MR) is 61.9 cm³/mol. The van der Waals surface area contributed by atoms with Crippen LogP contribution in [0.3, 0.4) is 0 Å². The second-order valence-electron chi connectivity index (χ2n) is 4.16. The molecular formula is C12H18N2O2. The average Bonchev–Trinajstić information content (AvgIpc) is 2.36. The maximum absolute atomic E-state index is 9.99. The summed E-state index contributed by atoms with van der Waals surface area (Å²) in [4.78, 5) is 0. The number of nitrogens with one attached hydrogen (secondary N) is 1. The van der Waals surface area contributed by atoms with E-state index in [1.54, 1.807) is 0 Å². The minimum absolute atomic E-state index is 0.0725. The van der Waals surface area contributed by atoms with Crippen molar-refractivity contribution in [1.29, 1.82) is 0 Å². The zero-order valence-electron chi connectivity index (χ0n) is 9.19. The van der Waals surface area contributed by atoms with E-state index in [0.717, 1.165) is 30.6 Å². The van der Waals surface area contributed by atoms with Crippen molar-refractivity contribution in [3.63, 3.8) is 0 Å². The minimum Gasteiger partial charge on any atom is -0.389 e. The number of rotatable bonds is 3. The Balaban J connectivity index is 2.33. The highest BCUT2D eigenvalue weighted by Crippen LogP contribution is 2.25. The van der Waals surface area contributed by atoms with Crippen molar-refractivity contribution in [3.05, 3.63) is 34.9 Å². The van der Waals surface area contributed by atoms with Gasteiger partial charge in [0.25, 0.3) is 0 Å². The van der Waals surface area contributed by atoms with Gasteiger partial charge in [0.1, 0.15) is 6.10 Å². The van der Waals surface area contributed by atoms with Crippen LogP contribution >= 0.6 is 0 Å². The van der Waals surface area contributed by atoms with Crippen LogP contribution < -0.4 is 11.1 Å². The first kappa shape index (κ1) is 11.5. The third-order valence-corrected chi connectivity index (χ3v) is 3.10. The van der Waals surface area contributed by atoms with E-state index in [2.05, 4.69) is 5.32 Å². The van der Waals surface area contributed by atoms with Gasteiger partial charge >= 0.3 is 0 Å². The molecule has 1 aromatic carbocycles. The van der Waals surface area contributed by atoms with E-state index in [9.17, 15) is 10.2 Å². The van der Waals surface area contributed by atoms with Gasteiger partial charge in [-0.05, 0) is 29.7 Å². The van der Waals surface area contributed by atoms with Gasteiger partial charge in [0.15, 0.2) is 0 Å². The molecule has 1 aliphatic heterocycles. The van der Waals surface area contributed by atoms with Gasteiger partial charge < -0.3 is 21.3 Å². The summed E-state index contributed by atoms with van der Waals surface area (Å²) in [7, 11) is 0. The molecule has 16 heavy (non-hydrogen) atoms. The molecule has 0 radical (unpaired) electrons. The molecule has 0 aliphatic carbocycles. The van der Waals surface area contributed by atoms with Crippen LogP contribution in [0.1, 0.15) is 22.8 Å². The Morgan fingerprint density at radius 3 is 2.94 bits per heavy atom. The summed E-state index contributed by atoms with van der Waals surface area (Å²) in [5.41, 5.74) is 8.54. The normalized spacial score (nSPS) is 18.9. The third kappa shape index (κ3) is 2.10. The second-order valence-corrected chi connectivity index (χ2v) is 4.16. The molecule has 1 aliphatic rings. The van der Waals surface area contributed by atoms with E-state index in [1.807, 2.05) is 18.2 Å². The molecule has 0 saturated carbocycles. The highest BCUT2D eigenvalue weighted by Gasteiger charge is 2.22. The lowest BCUT2D eigenvalue weighted by molar-refractivity contribution is 0.0237. The van der Waals surface area contributed by atoms with E-state index in [4.69, 9.17) is 5.73 Å². The van der Waals surface area contributed by atoms with Gasteiger partial charge in [-0.25, -0.2) is 0 Å². The molecule has 2 unspecified atom stereocenters. The predicted octanol–water partition coefficient (Wildman–Crippen LogP) is -0.315. The SMILES string of the molecule is NCC(O)C(O)c1cccc2c1CCNC2. The quantitative estimate of drug-likeness (QED) is 0.565. The highest BCUT2D eigenvalue weighted by molar-refractivity contribution is 5.38. The molecule has 0 amide bonds. The van der Waals surface area contributed by atoms with Crippen molar-refractivity contribution in [2.45, 2.75) is 25.2 Å². The molecule has 5 N–H and O–H groups in total. The molecule has 0 aromatic heterocycles. The zero-order valence-corrected chi connectivity index (χ0v) is 9.19. The monoisotopic (exact) mass is 222 g/mol. The fourth-order valence-electron chi connectivity index (χ4n) is 2.17. The Kier molecular flexibility index (Phi) is 3.56. The molecule has 88 valence electrons. The number of hydrogen-bond acceptors (Lipinski definition) is 4. The van der Waals surface area contributed by atoms with Crippen LogP contribution in [-0.4, -0.2) is 29.4 Å². The first-order valence-corrected chi connectivity index (χ1v) is 5.61. The summed E-state index contributed by atoms with van der Waals surface area (Å²) in [6.45, 7) is 1.81. The molecule has 0 bridgehead atoms. The van der Waals surface area contributed by atoms with Gasteiger partial charge in [0.2, 0.25) is 0 Å². The summed E-state index contributed by atoms with van der Waals surface area (Å²) in [6.07, 6.45) is -0.876. The average molecular weight is 222 g/mol. The molecule has 0 saturated heterocycles. The molecule has 2 rings (SSSR count). The summed E-state index contributed by atoms with van der Waals surface area (Å²) in [6, 6.07) is 5.83. The molecule has 2 atom stereocenters. The summed E-state index contributed by atoms with van der Waals surface area (Å²) in [5.74, 6) is 0. The van der Waals surface area contributed by atoms with Gasteiger partial charge in [0.05, 0.1) is 6.10 Å². The van der Waals surface area contributed by atoms with E-state index < -0.39 is 12.2 Å². The van der Waals surface area contributed by atoms with E-state index in [0.29, 0.717) is 0 Å². The molecular weight excluding hydrogens is 204 g/mol. The van der Waals surface area contributed by atoms with Gasteiger partial charge in [-0.1, -0.05) is 18.2 Å². The van der Waals surface area contributed by atoms with Crippen molar-refractivity contribution >= 4 is 0 Å². The summed E-state index contributed by atoms with van der Waals surface area (Å²) in [5, 5.41) is 22.9. The van der Waals surface area contributed by atoms with Crippen LogP contribution in [0.15, 0.2) is 18.2 Å². The Labute approximate surface area is 95.1 Å². The largest absolute Gasteiger partial charge is 0.389 e. The number of nitrogens with two attached hydrogens (primary N) is 1.